The fourth-order valence-corrected chi connectivity index (χ4v) is 18.9. The van der Waals surface area contributed by atoms with E-state index in [1.807, 2.05) is 36.4 Å². The lowest BCUT2D eigenvalue weighted by molar-refractivity contribution is 0.582. The van der Waals surface area contributed by atoms with E-state index in [2.05, 4.69) is 194 Å². The van der Waals surface area contributed by atoms with Crippen LogP contribution in [0.25, 0.3) is 50.1 Å². The van der Waals surface area contributed by atoms with Crippen LogP contribution in [-0.2, 0) is 19.7 Å². The maximum Gasteiger partial charge on any atom is 0.179 e. The van der Waals surface area contributed by atoms with Gasteiger partial charge in [-0.1, -0.05) is 175 Å². The van der Waals surface area contributed by atoms with E-state index in [0.29, 0.717) is 22.6 Å². The van der Waals surface area contributed by atoms with Crippen molar-refractivity contribution in [3.63, 3.8) is 0 Å². The molecule has 0 fully saturated rings. The van der Waals surface area contributed by atoms with Gasteiger partial charge in [0.1, 0.15) is 0 Å². The third-order valence-corrected chi connectivity index (χ3v) is 23.4. The van der Waals surface area contributed by atoms with Crippen LogP contribution in [0.2, 0.25) is 0 Å². The molecule has 0 saturated heterocycles. The summed E-state index contributed by atoms with van der Waals surface area (Å²) in [6, 6.07) is 70.6. The predicted octanol–water partition coefficient (Wildman–Crippen LogP) is 21.5. The molecule has 0 bridgehead atoms. The average Bonchev–Trinajstić information content (AvgIpc) is 4.50. The maximum absolute atomic E-state index is 14.9. The molecule has 0 spiro atoms. The highest BCUT2D eigenvalue weighted by Gasteiger charge is 2.31. The molecule has 0 atom stereocenters. The van der Waals surface area contributed by atoms with Crippen LogP contribution >= 0.6 is 45.3 Å². The van der Waals surface area contributed by atoms with Gasteiger partial charge in [0.2, 0.25) is 0 Å². The lowest BCUT2D eigenvalue weighted by Crippen LogP contribution is -2.09. The Labute approximate surface area is 490 Å². The van der Waals surface area contributed by atoms with Gasteiger partial charge in [0.25, 0.3) is 0 Å². The second-order valence-corrected chi connectivity index (χ2v) is 28.6. The van der Waals surface area contributed by atoms with Gasteiger partial charge >= 0.3 is 0 Å². The van der Waals surface area contributed by atoms with Crippen molar-refractivity contribution in [2.45, 2.75) is 101 Å². The summed E-state index contributed by atoms with van der Waals surface area (Å²) in [5.41, 5.74) is 8.43. The third-order valence-electron chi connectivity index (χ3n) is 14.4. The van der Waals surface area contributed by atoms with Crippen molar-refractivity contribution >= 4 is 99.1 Å². The van der Waals surface area contributed by atoms with Crippen molar-refractivity contribution in [3.05, 3.63) is 206 Å². The highest BCUT2D eigenvalue weighted by Crippen LogP contribution is 2.52. The maximum atomic E-state index is 14.9. The highest BCUT2D eigenvalue weighted by atomic mass is 32.2. The number of anilines is 6. The number of sulfone groups is 2. The topological polar surface area (TPSA) is 74.8 Å². The van der Waals surface area contributed by atoms with Crippen LogP contribution in [0.1, 0.15) is 90.9 Å². The molecule has 0 saturated carbocycles. The van der Waals surface area contributed by atoms with Crippen molar-refractivity contribution in [1.82, 2.24) is 0 Å². The minimum absolute atomic E-state index is 0.00687. The van der Waals surface area contributed by atoms with Gasteiger partial charge in [0.15, 0.2) is 19.7 Å². The molecule has 0 radical (unpaired) electrons. The van der Waals surface area contributed by atoms with Gasteiger partial charge in [0.05, 0.1) is 31.1 Å². The Kier molecular flexibility index (Phi) is 19.1. The van der Waals surface area contributed by atoms with E-state index >= 15 is 0 Å². The number of nitrogens with zero attached hydrogens (tertiary/aromatic N) is 2. The Morgan fingerprint density at radius 2 is 0.588 bits per heavy atom. The Balaban J connectivity index is 1.00. The molecule has 10 rings (SSSR count). The van der Waals surface area contributed by atoms with Crippen LogP contribution < -0.4 is 9.80 Å². The van der Waals surface area contributed by atoms with Crippen LogP contribution in [0, 0.1) is 0 Å². The van der Waals surface area contributed by atoms with E-state index in [0.717, 1.165) is 139 Å². The number of benzene rings is 6. The van der Waals surface area contributed by atoms with Gasteiger partial charge in [-0.15, -0.1) is 45.3 Å². The summed E-state index contributed by atoms with van der Waals surface area (Å²) in [5, 5.41) is 0. The molecular formula is C68H68N2O4S6. The van der Waals surface area contributed by atoms with Crippen LogP contribution in [0.5, 0.6) is 0 Å². The summed E-state index contributed by atoms with van der Waals surface area (Å²) in [6.45, 7) is 4.36. The molecule has 0 amide bonds. The van der Waals surface area contributed by atoms with Crippen molar-refractivity contribution in [3.8, 4) is 50.1 Å². The smallest absolute Gasteiger partial charge is 0.179 e. The highest BCUT2D eigenvalue weighted by molar-refractivity contribution is 7.92. The van der Waals surface area contributed by atoms with E-state index < -0.39 is 19.7 Å². The van der Waals surface area contributed by atoms with E-state index in [9.17, 15) is 16.8 Å². The summed E-state index contributed by atoms with van der Waals surface area (Å²) in [6.07, 6.45) is 11.4. The van der Waals surface area contributed by atoms with Gasteiger partial charge in [-0.25, -0.2) is 16.8 Å². The number of hydrogen-bond acceptors (Lipinski definition) is 10. The average molecular weight is 1170 g/mol. The largest absolute Gasteiger partial charge is 0.311 e. The molecule has 0 aliphatic heterocycles. The van der Waals surface area contributed by atoms with Crippen LogP contribution in [-0.4, -0.2) is 28.3 Å². The van der Waals surface area contributed by atoms with Crippen molar-refractivity contribution in [1.29, 1.82) is 0 Å². The number of thiophene rings is 4. The molecule has 410 valence electrons. The quantitative estimate of drug-likeness (QED) is 0.0478. The van der Waals surface area contributed by atoms with Gasteiger partial charge in [-0.2, -0.15) is 0 Å². The zero-order chi connectivity index (χ0) is 55.3. The van der Waals surface area contributed by atoms with E-state index in [1.165, 1.54) is 22.7 Å². The Morgan fingerprint density at radius 3 is 0.912 bits per heavy atom. The molecule has 4 aromatic heterocycles. The molecule has 12 heteroatoms. The summed E-state index contributed by atoms with van der Waals surface area (Å²) in [4.78, 5) is 11.6. The monoisotopic (exact) mass is 1170 g/mol. The van der Waals surface area contributed by atoms with Gasteiger partial charge in [-0.05, 0) is 133 Å². The molecule has 4 heterocycles. The SMILES string of the molecule is CCCCCCCCS(=O)(=O)c1cc(-c2ccc(-c3ccc(N(c4ccccc4)c4ccccc4)cc3)s2)sc1-c1sc(-c2ccc(-c3ccc(N(c4ccccc4)c4ccccc4)cc3)s2)cc1S(=O)(=O)CCCCCCCC. The Bertz CT molecular complexity index is 3450. The zero-order valence-electron chi connectivity index (χ0n) is 45.5. The molecule has 6 nitrogen and oxygen atoms in total. The molecular weight excluding hydrogens is 1100 g/mol. The minimum atomic E-state index is -3.83. The summed E-state index contributed by atoms with van der Waals surface area (Å²) >= 11 is 6.04. The third kappa shape index (κ3) is 13.7. The standard InChI is InChI=1S/C68H68N2O4S6/c1-3-5-7-9-11-25-47-79(71,72)65-49-63(61-45-43-59(75-61)51-35-39-57(40-36-51)69(53-27-17-13-18-28-53)54-29-19-14-20-30-54)77-67(65)68-66(80(73,74)48-26-12-10-8-6-4-2)50-64(78-68)62-46-44-60(76-62)52-37-41-58(42-38-52)70(55-31-21-15-22-32-55)56-33-23-16-24-34-56/h13-24,27-46,49-50H,3-12,25-26,47-48H2,1-2H3. The van der Waals surface area contributed by atoms with Crippen LogP contribution in [0.3, 0.4) is 0 Å². The first kappa shape index (κ1) is 56.9. The predicted molar refractivity (Wildman–Crippen MR) is 345 cm³/mol. The Hall–Kier alpha value is -6.38. The first-order valence-electron chi connectivity index (χ1n) is 28.1. The number of para-hydroxylation sites is 4. The molecule has 0 unspecified atom stereocenters. The second kappa shape index (κ2) is 26.9. The van der Waals surface area contributed by atoms with Crippen LogP contribution in [0.4, 0.5) is 34.1 Å². The summed E-state index contributed by atoms with van der Waals surface area (Å²) < 4.78 is 59.4. The molecule has 0 aliphatic rings. The number of hydrogen-bond donors (Lipinski definition) is 0. The lowest BCUT2D eigenvalue weighted by atomic mass is 10.1. The normalized spacial score (nSPS) is 11.8. The summed E-state index contributed by atoms with van der Waals surface area (Å²) in [5.74, 6) is 0.0137. The fraction of sp³-hybridized carbons (Fsp3) is 0.235. The molecule has 0 aliphatic carbocycles. The van der Waals surface area contributed by atoms with Gasteiger partial charge < -0.3 is 9.80 Å². The van der Waals surface area contributed by atoms with Crippen molar-refractivity contribution in [2.75, 3.05) is 21.3 Å². The second-order valence-electron chi connectivity index (χ2n) is 20.2. The Morgan fingerprint density at radius 1 is 0.300 bits per heavy atom. The number of unbranched alkanes of at least 4 members (excludes halogenated alkanes) is 10. The first-order chi connectivity index (χ1) is 39.1. The molecule has 6 aromatic carbocycles. The van der Waals surface area contributed by atoms with E-state index in [-0.39, 0.29) is 21.3 Å². The minimum Gasteiger partial charge on any atom is -0.311 e. The fourth-order valence-electron chi connectivity index (χ4n) is 10.1. The summed E-state index contributed by atoms with van der Waals surface area (Å²) in [7, 11) is -7.65. The molecule has 0 N–H and O–H groups in total. The van der Waals surface area contributed by atoms with Crippen molar-refractivity contribution < 1.29 is 16.8 Å². The number of rotatable bonds is 27. The first-order valence-corrected chi connectivity index (χ1v) is 34.6. The van der Waals surface area contributed by atoms with Gasteiger partial charge in [-0.3, -0.25) is 0 Å². The lowest BCUT2D eigenvalue weighted by Gasteiger charge is -2.25. The van der Waals surface area contributed by atoms with E-state index in [1.54, 1.807) is 22.7 Å². The van der Waals surface area contributed by atoms with Gasteiger partial charge in [0, 0.05) is 63.4 Å². The molecule has 80 heavy (non-hydrogen) atoms. The van der Waals surface area contributed by atoms with Crippen molar-refractivity contribution in [2.24, 2.45) is 0 Å². The molecule has 10 aromatic rings. The van der Waals surface area contributed by atoms with E-state index in [4.69, 9.17) is 0 Å². The van der Waals surface area contributed by atoms with Crippen LogP contribution in [0.15, 0.2) is 216 Å². The zero-order valence-corrected chi connectivity index (χ0v) is 50.4.